The van der Waals surface area contributed by atoms with Crippen molar-refractivity contribution in [3.8, 4) is 0 Å². The fourth-order valence-corrected chi connectivity index (χ4v) is 3.13. The molecular weight excluding hydrogens is 267 g/mol. The molecule has 0 atom stereocenters. The summed E-state index contributed by atoms with van der Waals surface area (Å²) in [5.74, 6) is -0.696. The van der Waals surface area contributed by atoms with Crippen LogP contribution in [0.2, 0.25) is 0 Å². The maximum atomic E-state index is 13.8. The van der Waals surface area contributed by atoms with Crippen molar-refractivity contribution in [3.05, 3.63) is 53.9 Å². The molecule has 3 rings (SSSR count). The van der Waals surface area contributed by atoms with Crippen LogP contribution in [0.3, 0.4) is 0 Å². The molecule has 1 fully saturated rings. The van der Waals surface area contributed by atoms with Crippen molar-refractivity contribution in [1.29, 1.82) is 0 Å². The smallest absolute Gasteiger partial charge is 0.172 e. The monoisotopic (exact) mass is 286 g/mol. The molecular formula is C18H19FO2. The molecule has 0 amide bonds. The van der Waals surface area contributed by atoms with E-state index in [4.69, 9.17) is 9.47 Å². The summed E-state index contributed by atoms with van der Waals surface area (Å²) in [6.45, 7) is 8.84. The Morgan fingerprint density at radius 3 is 2.38 bits per heavy atom. The lowest BCUT2D eigenvalue weighted by atomic mass is 9.86. The highest BCUT2D eigenvalue weighted by atomic mass is 19.1. The Labute approximate surface area is 124 Å². The summed E-state index contributed by atoms with van der Waals surface area (Å²) >= 11 is 0. The van der Waals surface area contributed by atoms with Crippen molar-refractivity contribution in [3.63, 3.8) is 0 Å². The van der Waals surface area contributed by atoms with Crippen LogP contribution in [0.15, 0.2) is 31.4 Å². The lowest BCUT2D eigenvalue weighted by molar-refractivity contribution is -0.159. The van der Waals surface area contributed by atoms with E-state index in [1.54, 1.807) is 12.2 Å². The van der Waals surface area contributed by atoms with Gasteiger partial charge in [0.15, 0.2) is 5.79 Å². The minimum absolute atomic E-state index is 0.265. The molecule has 1 spiro atoms. The van der Waals surface area contributed by atoms with Crippen LogP contribution in [0.1, 0.15) is 36.0 Å². The third kappa shape index (κ3) is 2.47. The Kier molecular flexibility index (Phi) is 3.79. The molecule has 1 aromatic carbocycles. The van der Waals surface area contributed by atoms with Gasteiger partial charge in [0.2, 0.25) is 0 Å². The molecule has 0 N–H and O–H groups in total. The van der Waals surface area contributed by atoms with Crippen molar-refractivity contribution in [2.45, 2.75) is 25.0 Å². The van der Waals surface area contributed by atoms with Gasteiger partial charge in [-0.2, -0.15) is 0 Å². The van der Waals surface area contributed by atoms with Gasteiger partial charge in [0.05, 0.1) is 13.2 Å². The number of benzene rings is 1. The first-order chi connectivity index (χ1) is 10.2. The summed E-state index contributed by atoms with van der Waals surface area (Å²) in [6.07, 6.45) is 7.80. The lowest BCUT2D eigenvalue weighted by Gasteiger charge is -2.31. The van der Waals surface area contributed by atoms with Crippen LogP contribution in [0.4, 0.5) is 4.39 Å². The standard InChI is InChI=1S/C18H19FO2/c1-3-14-15(4-2)17(19)6-5-16(14)13-7-9-18(10-8-13)20-11-12-21-18/h3-7H,1-2,8-12H2. The van der Waals surface area contributed by atoms with Crippen molar-refractivity contribution in [2.24, 2.45) is 0 Å². The maximum absolute atomic E-state index is 13.8. The number of hydrogen-bond donors (Lipinski definition) is 0. The summed E-state index contributed by atoms with van der Waals surface area (Å²) in [4.78, 5) is 0. The van der Waals surface area contributed by atoms with Crippen LogP contribution in [0.5, 0.6) is 0 Å². The van der Waals surface area contributed by atoms with Gasteiger partial charge in [-0.05, 0) is 29.2 Å². The summed E-state index contributed by atoms with van der Waals surface area (Å²) in [5.41, 5.74) is 3.53. The molecule has 2 aliphatic rings. The number of halogens is 1. The zero-order chi connectivity index (χ0) is 14.9. The van der Waals surface area contributed by atoms with Gasteiger partial charge in [0, 0.05) is 18.4 Å². The normalized spacial score (nSPS) is 20.3. The van der Waals surface area contributed by atoms with Gasteiger partial charge in [-0.25, -0.2) is 4.39 Å². The van der Waals surface area contributed by atoms with Crippen molar-refractivity contribution in [2.75, 3.05) is 13.2 Å². The molecule has 2 nitrogen and oxygen atoms in total. The summed E-state index contributed by atoms with van der Waals surface area (Å²) < 4.78 is 25.3. The second-order valence-corrected chi connectivity index (χ2v) is 5.37. The average Bonchev–Trinajstić information content (AvgIpc) is 2.96. The highest BCUT2D eigenvalue weighted by molar-refractivity contribution is 5.79. The molecule has 0 radical (unpaired) electrons. The topological polar surface area (TPSA) is 18.5 Å². The molecule has 3 heteroatoms. The molecule has 0 saturated carbocycles. The van der Waals surface area contributed by atoms with Crippen LogP contribution in [-0.4, -0.2) is 19.0 Å². The molecule has 0 aromatic heterocycles. The zero-order valence-corrected chi connectivity index (χ0v) is 12.0. The van der Waals surface area contributed by atoms with Crippen molar-refractivity contribution < 1.29 is 13.9 Å². The van der Waals surface area contributed by atoms with Gasteiger partial charge >= 0.3 is 0 Å². The zero-order valence-electron chi connectivity index (χ0n) is 12.0. The summed E-state index contributed by atoms with van der Waals surface area (Å²) in [6, 6.07) is 3.31. The SMILES string of the molecule is C=Cc1c(F)ccc(C2=CCC3(CC2)OCCO3)c1C=C. The molecule has 1 saturated heterocycles. The van der Waals surface area contributed by atoms with Gasteiger partial charge in [-0.3, -0.25) is 0 Å². The Morgan fingerprint density at radius 2 is 1.81 bits per heavy atom. The van der Waals surface area contributed by atoms with E-state index in [2.05, 4.69) is 19.2 Å². The second kappa shape index (κ2) is 5.58. The first-order valence-corrected chi connectivity index (χ1v) is 7.24. The van der Waals surface area contributed by atoms with Crippen LogP contribution < -0.4 is 0 Å². The lowest BCUT2D eigenvalue weighted by Crippen LogP contribution is -2.31. The van der Waals surface area contributed by atoms with Crippen LogP contribution in [0, 0.1) is 5.82 Å². The predicted octanol–water partition coefficient (Wildman–Crippen LogP) is 4.42. The van der Waals surface area contributed by atoms with Crippen molar-refractivity contribution in [1.82, 2.24) is 0 Å². The van der Waals surface area contributed by atoms with Gasteiger partial charge in [0.25, 0.3) is 0 Å². The largest absolute Gasteiger partial charge is 0.347 e. The molecule has 21 heavy (non-hydrogen) atoms. The molecule has 0 unspecified atom stereocenters. The van der Waals surface area contributed by atoms with Crippen LogP contribution >= 0.6 is 0 Å². The Bertz CT molecular complexity index is 610. The van der Waals surface area contributed by atoms with E-state index in [9.17, 15) is 4.39 Å². The fourth-order valence-electron chi connectivity index (χ4n) is 3.13. The Hall–Kier alpha value is -1.71. The average molecular weight is 286 g/mol. The fraction of sp³-hybridized carbons (Fsp3) is 0.333. The minimum atomic E-state index is -0.431. The minimum Gasteiger partial charge on any atom is -0.347 e. The summed E-state index contributed by atoms with van der Waals surface area (Å²) in [5, 5.41) is 0. The molecule has 1 aromatic rings. The van der Waals surface area contributed by atoms with E-state index < -0.39 is 5.79 Å². The number of rotatable bonds is 3. The van der Waals surface area contributed by atoms with E-state index in [-0.39, 0.29) is 5.82 Å². The van der Waals surface area contributed by atoms with Crippen molar-refractivity contribution >= 4 is 17.7 Å². The first-order valence-electron chi connectivity index (χ1n) is 7.24. The number of hydrogen-bond acceptors (Lipinski definition) is 2. The summed E-state index contributed by atoms with van der Waals surface area (Å²) in [7, 11) is 0. The Balaban J connectivity index is 1.96. The predicted molar refractivity (Wildman–Crippen MR) is 83.0 cm³/mol. The number of ether oxygens (including phenoxy) is 2. The van der Waals surface area contributed by atoms with E-state index in [0.717, 1.165) is 30.4 Å². The third-order valence-electron chi connectivity index (χ3n) is 4.24. The first kappa shape index (κ1) is 14.2. The van der Waals surface area contributed by atoms with E-state index >= 15 is 0 Å². The van der Waals surface area contributed by atoms with E-state index in [1.165, 1.54) is 11.6 Å². The highest BCUT2D eigenvalue weighted by Gasteiger charge is 2.37. The van der Waals surface area contributed by atoms with E-state index in [1.807, 2.05) is 6.07 Å². The third-order valence-corrected chi connectivity index (χ3v) is 4.24. The van der Waals surface area contributed by atoms with Gasteiger partial charge in [0.1, 0.15) is 5.82 Å². The highest BCUT2D eigenvalue weighted by Crippen LogP contribution is 2.39. The molecule has 110 valence electrons. The molecule has 1 aliphatic heterocycles. The van der Waals surface area contributed by atoms with E-state index in [0.29, 0.717) is 18.8 Å². The Morgan fingerprint density at radius 1 is 1.10 bits per heavy atom. The molecule has 1 aliphatic carbocycles. The molecule has 1 heterocycles. The van der Waals surface area contributed by atoms with Crippen LogP contribution in [0.25, 0.3) is 17.7 Å². The number of allylic oxidation sites excluding steroid dienone is 1. The van der Waals surface area contributed by atoms with Gasteiger partial charge in [-0.1, -0.05) is 37.5 Å². The van der Waals surface area contributed by atoms with Crippen LogP contribution in [-0.2, 0) is 9.47 Å². The molecule has 0 bridgehead atoms. The second-order valence-electron chi connectivity index (χ2n) is 5.37. The van der Waals surface area contributed by atoms with Gasteiger partial charge < -0.3 is 9.47 Å². The maximum Gasteiger partial charge on any atom is 0.172 e. The quantitative estimate of drug-likeness (QED) is 0.818. The van der Waals surface area contributed by atoms with Gasteiger partial charge in [-0.15, -0.1) is 0 Å².